The van der Waals surface area contributed by atoms with E-state index in [1.165, 1.54) is 22.9 Å². The van der Waals surface area contributed by atoms with Crippen molar-refractivity contribution in [2.75, 3.05) is 26.9 Å². The predicted molar refractivity (Wildman–Crippen MR) is 132 cm³/mol. The molecule has 1 amide bonds. The standard InChI is InChI=1S/C24H30ClN5OS/c1-16-7-8-19(17(2)13-16)14-29(6)22(31)15-32-24-27-26-23(18(3)28(4)5)30(24)21-11-9-20(25)10-12-21/h7-13,18H,14-15H2,1-6H3. The fourth-order valence-electron chi connectivity index (χ4n) is 3.31. The van der Waals surface area contributed by atoms with Crippen LogP contribution in [0.3, 0.4) is 0 Å². The number of aromatic nitrogens is 3. The van der Waals surface area contributed by atoms with Crippen molar-refractivity contribution in [3.05, 3.63) is 70.0 Å². The first-order valence-corrected chi connectivity index (χ1v) is 11.8. The van der Waals surface area contributed by atoms with Gasteiger partial charge >= 0.3 is 0 Å². The number of hydrogen-bond donors (Lipinski definition) is 0. The lowest BCUT2D eigenvalue weighted by molar-refractivity contribution is -0.127. The highest BCUT2D eigenvalue weighted by Gasteiger charge is 2.22. The van der Waals surface area contributed by atoms with Gasteiger partial charge in [0.25, 0.3) is 0 Å². The highest BCUT2D eigenvalue weighted by atomic mass is 35.5. The molecule has 1 heterocycles. The van der Waals surface area contributed by atoms with E-state index in [9.17, 15) is 4.79 Å². The Hall–Kier alpha value is -2.35. The summed E-state index contributed by atoms with van der Waals surface area (Å²) < 4.78 is 2.00. The van der Waals surface area contributed by atoms with Crippen LogP contribution in [-0.4, -0.2) is 57.4 Å². The molecule has 0 aliphatic carbocycles. The zero-order valence-corrected chi connectivity index (χ0v) is 21.0. The number of benzene rings is 2. The van der Waals surface area contributed by atoms with Gasteiger partial charge in [-0.15, -0.1) is 10.2 Å². The van der Waals surface area contributed by atoms with Crippen molar-refractivity contribution in [3.8, 4) is 5.69 Å². The second kappa shape index (κ2) is 10.5. The number of nitrogens with zero attached hydrogens (tertiary/aromatic N) is 5. The minimum atomic E-state index is 0.0443. The molecule has 0 N–H and O–H groups in total. The van der Waals surface area contributed by atoms with E-state index in [0.29, 0.717) is 16.7 Å². The second-order valence-electron chi connectivity index (χ2n) is 8.26. The summed E-state index contributed by atoms with van der Waals surface area (Å²) in [6, 6.07) is 13.9. The second-order valence-corrected chi connectivity index (χ2v) is 9.64. The van der Waals surface area contributed by atoms with Gasteiger partial charge in [0.05, 0.1) is 11.8 Å². The third-order valence-corrected chi connectivity index (χ3v) is 6.71. The molecule has 1 aromatic heterocycles. The maximum atomic E-state index is 12.9. The average molecular weight is 472 g/mol. The van der Waals surface area contributed by atoms with Gasteiger partial charge in [-0.1, -0.05) is 47.1 Å². The molecule has 0 radical (unpaired) electrons. The van der Waals surface area contributed by atoms with Crippen molar-refractivity contribution >= 4 is 29.3 Å². The molecule has 3 rings (SSSR count). The minimum Gasteiger partial charge on any atom is -0.341 e. The molecule has 0 fully saturated rings. The van der Waals surface area contributed by atoms with Crippen molar-refractivity contribution in [3.63, 3.8) is 0 Å². The molecule has 0 saturated heterocycles. The van der Waals surface area contributed by atoms with Crippen LogP contribution in [0.1, 0.15) is 35.5 Å². The van der Waals surface area contributed by atoms with Crippen LogP contribution >= 0.6 is 23.4 Å². The molecule has 0 aliphatic heterocycles. The molecular formula is C24H30ClN5OS. The molecule has 32 heavy (non-hydrogen) atoms. The van der Waals surface area contributed by atoms with Crippen LogP contribution in [0.5, 0.6) is 0 Å². The number of rotatable bonds is 8. The molecule has 2 aromatic carbocycles. The smallest absolute Gasteiger partial charge is 0.233 e. The first-order chi connectivity index (χ1) is 15.2. The molecule has 0 aliphatic rings. The van der Waals surface area contributed by atoms with E-state index in [1.54, 1.807) is 4.90 Å². The largest absolute Gasteiger partial charge is 0.341 e. The number of carbonyl (C=O) groups is 1. The maximum absolute atomic E-state index is 12.9. The molecule has 0 spiro atoms. The Morgan fingerprint density at radius 3 is 2.41 bits per heavy atom. The van der Waals surface area contributed by atoms with E-state index in [1.807, 2.05) is 50.0 Å². The van der Waals surface area contributed by atoms with Crippen LogP contribution in [0.2, 0.25) is 5.02 Å². The lowest BCUT2D eigenvalue weighted by Gasteiger charge is -2.21. The quantitative estimate of drug-likeness (QED) is 0.437. The summed E-state index contributed by atoms with van der Waals surface area (Å²) in [6.45, 7) is 6.81. The fraction of sp³-hybridized carbons (Fsp3) is 0.375. The van der Waals surface area contributed by atoms with E-state index in [4.69, 9.17) is 11.6 Å². The molecule has 0 bridgehead atoms. The van der Waals surface area contributed by atoms with Gasteiger partial charge in [0.15, 0.2) is 11.0 Å². The van der Waals surface area contributed by atoms with Gasteiger partial charge in [-0.3, -0.25) is 14.3 Å². The van der Waals surface area contributed by atoms with Crippen LogP contribution in [0.25, 0.3) is 5.69 Å². The number of hydrogen-bond acceptors (Lipinski definition) is 5. The van der Waals surface area contributed by atoms with Gasteiger partial charge in [0.2, 0.25) is 5.91 Å². The van der Waals surface area contributed by atoms with Gasteiger partial charge in [-0.25, -0.2) is 0 Å². The Bertz CT molecular complexity index is 1080. The summed E-state index contributed by atoms with van der Waals surface area (Å²) in [5, 5.41) is 10.2. The lowest BCUT2D eigenvalue weighted by atomic mass is 10.1. The van der Waals surface area contributed by atoms with Crippen molar-refractivity contribution in [2.45, 2.75) is 38.5 Å². The van der Waals surface area contributed by atoms with Gasteiger partial charge in [-0.2, -0.15) is 0 Å². The Kier molecular flexibility index (Phi) is 7.98. The van der Waals surface area contributed by atoms with Crippen molar-refractivity contribution < 1.29 is 4.79 Å². The highest BCUT2D eigenvalue weighted by Crippen LogP contribution is 2.27. The van der Waals surface area contributed by atoms with E-state index in [0.717, 1.165) is 17.1 Å². The zero-order valence-electron chi connectivity index (χ0n) is 19.5. The summed E-state index contributed by atoms with van der Waals surface area (Å²) in [5.74, 6) is 1.14. The Morgan fingerprint density at radius 2 is 1.78 bits per heavy atom. The molecule has 3 aromatic rings. The van der Waals surface area contributed by atoms with Crippen LogP contribution in [0, 0.1) is 13.8 Å². The molecule has 1 atom stereocenters. The molecular weight excluding hydrogens is 442 g/mol. The zero-order chi connectivity index (χ0) is 23.4. The average Bonchev–Trinajstić information content (AvgIpc) is 3.17. The molecule has 0 saturated carbocycles. The van der Waals surface area contributed by atoms with Gasteiger partial charge in [0, 0.05) is 24.3 Å². The SMILES string of the molecule is Cc1ccc(CN(C)C(=O)CSc2nnc(C(C)N(C)C)n2-c2ccc(Cl)cc2)c(C)c1. The van der Waals surface area contributed by atoms with Crippen molar-refractivity contribution in [1.29, 1.82) is 0 Å². The third-order valence-electron chi connectivity index (χ3n) is 5.55. The van der Waals surface area contributed by atoms with Crippen molar-refractivity contribution in [2.24, 2.45) is 0 Å². The molecule has 170 valence electrons. The van der Waals surface area contributed by atoms with E-state index >= 15 is 0 Å². The predicted octanol–water partition coefficient (Wildman–Crippen LogP) is 4.91. The van der Waals surface area contributed by atoms with Gasteiger partial charge in [-0.05, 0) is 70.3 Å². The Labute approximate surface area is 199 Å². The van der Waals surface area contributed by atoms with E-state index in [-0.39, 0.29) is 17.7 Å². The maximum Gasteiger partial charge on any atom is 0.233 e. The van der Waals surface area contributed by atoms with E-state index < -0.39 is 0 Å². The number of carbonyl (C=O) groups excluding carboxylic acids is 1. The number of halogens is 1. The third kappa shape index (κ3) is 5.71. The van der Waals surface area contributed by atoms with Crippen LogP contribution in [0.15, 0.2) is 47.6 Å². The first kappa shape index (κ1) is 24.3. The number of amides is 1. The topological polar surface area (TPSA) is 54.3 Å². The van der Waals surface area contributed by atoms with Gasteiger partial charge < -0.3 is 4.90 Å². The molecule has 1 unspecified atom stereocenters. The monoisotopic (exact) mass is 471 g/mol. The summed E-state index contributed by atoms with van der Waals surface area (Å²) >= 11 is 7.48. The highest BCUT2D eigenvalue weighted by molar-refractivity contribution is 7.99. The molecule has 6 nitrogen and oxygen atoms in total. The minimum absolute atomic E-state index is 0.0443. The normalized spacial score (nSPS) is 12.2. The number of aryl methyl sites for hydroxylation is 2. The summed E-state index contributed by atoms with van der Waals surface area (Å²) in [7, 11) is 5.85. The summed E-state index contributed by atoms with van der Waals surface area (Å²) in [4.78, 5) is 16.7. The Balaban J connectivity index is 1.77. The van der Waals surface area contributed by atoms with Crippen LogP contribution in [0.4, 0.5) is 0 Å². The fourth-order valence-corrected chi connectivity index (χ4v) is 4.34. The van der Waals surface area contributed by atoms with E-state index in [2.05, 4.69) is 54.1 Å². The summed E-state index contributed by atoms with van der Waals surface area (Å²) in [6.07, 6.45) is 0. The molecule has 8 heteroatoms. The summed E-state index contributed by atoms with van der Waals surface area (Å²) in [5.41, 5.74) is 4.49. The number of thioether (sulfide) groups is 1. The Morgan fingerprint density at radius 1 is 1.09 bits per heavy atom. The first-order valence-electron chi connectivity index (χ1n) is 10.5. The van der Waals surface area contributed by atoms with Crippen LogP contribution in [-0.2, 0) is 11.3 Å². The van der Waals surface area contributed by atoms with Crippen molar-refractivity contribution in [1.82, 2.24) is 24.6 Å². The van der Waals surface area contributed by atoms with Crippen LogP contribution < -0.4 is 0 Å². The lowest BCUT2D eigenvalue weighted by Crippen LogP contribution is -2.28. The van der Waals surface area contributed by atoms with Gasteiger partial charge in [0.1, 0.15) is 0 Å².